The molecule has 0 spiro atoms. The molecule has 15 heavy (non-hydrogen) atoms. The number of hydrogen-bond donors (Lipinski definition) is 0. The predicted molar refractivity (Wildman–Crippen MR) is 40.1 cm³/mol. The van der Waals surface area contributed by atoms with Gasteiger partial charge in [0, 0.05) is 12.2 Å². The lowest BCUT2D eigenvalue weighted by Gasteiger charge is -2.05. The third-order valence-electron chi connectivity index (χ3n) is 1.35. The van der Waals surface area contributed by atoms with Gasteiger partial charge in [-0.15, -0.1) is 0 Å². The molecule has 0 fully saturated rings. The Morgan fingerprint density at radius 2 is 1.20 bits per heavy atom. The first-order valence-electron chi connectivity index (χ1n) is 3.26. The summed E-state index contributed by atoms with van der Waals surface area (Å²) in [6, 6.07) is 0. The largest absolute Gasteiger partial charge is 0.408 e. The highest BCUT2D eigenvalue weighted by atomic mass is 32.1. The highest BCUT2D eigenvalue weighted by Gasteiger charge is 2.27. The maximum Gasteiger partial charge on any atom is 0.405 e. The molecule has 1 aromatic carbocycles. The number of thiocarbonyl (C=S) groups is 1. The minimum Gasteiger partial charge on any atom is -0.408 e. The molecule has 0 aromatic heterocycles. The summed E-state index contributed by atoms with van der Waals surface area (Å²) in [5, 5.41) is 8.53. The minimum absolute atomic E-state index is 1.61. The minimum atomic E-state index is -2.34. The molecule has 8 heteroatoms. The third kappa shape index (κ3) is 1.99. The van der Waals surface area contributed by atoms with E-state index in [4.69, 9.17) is 0 Å². The first-order valence-corrected chi connectivity index (χ1v) is 3.67. The number of hydrogen-bond acceptors (Lipinski definition) is 2. The molecule has 0 unspecified atom stereocenters. The van der Waals surface area contributed by atoms with Crippen LogP contribution >= 0.6 is 12.2 Å². The molecule has 0 amide bonds. The van der Waals surface area contributed by atoms with Crippen LogP contribution in [0.2, 0.25) is 0 Å². The molecule has 1 radical (unpaired) electrons. The van der Waals surface area contributed by atoms with Gasteiger partial charge in [0.1, 0.15) is 0 Å². The Bertz CT molecular complexity index is 405. The maximum atomic E-state index is 12.7. The molecule has 2 nitrogen and oxygen atoms in total. The van der Waals surface area contributed by atoms with Gasteiger partial charge in [-0.3, -0.25) is 0 Å². The van der Waals surface area contributed by atoms with E-state index in [1.54, 1.807) is 0 Å². The van der Waals surface area contributed by atoms with Crippen LogP contribution in [0.1, 0.15) is 0 Å². The van der Waals surface area contributed by atoms with Gasteiger partial charge in [0.05, 0.1) is 0 Å². The van der Waals surface area contributed by atoms with Crippen LogP contribution in [0, 0.1) is 29.1 Å². The lowest BCUT2D eigenvalue weighted by Crippen LogP contribution is -2.09. The molecule has 1 rings (SSSR count). The van der Waals surface area contributed by atoms with Crippen molar-refractivity contribution in [3.05, 3.63) is 29.1 Å². The second-order valence-electron chi connectivity index (χ2n) is 2.25. The van der Waals surface area contributed by atoms with E-state index in [0.29, 0.717) is 0 Å². The van der Waals surface area contributed by atoms with E-state index in [1.165, 1.54) is 0 Å². The smallest absolute Gasteiger partial charge is 0.405 e. The molecule has 0 heterocycles. The van der Waals surface area contributed by atoms with Crippen LogP contribution in [0.3, 0.4) is 0 Å². The fourth-order valence-corrected chi connectivity index (χ4v) is 0.841. The van der Waals surface area contributed by atoms with Crippen LogP contribution in [-0.2, 0) is 5.11 Å². The van der Waals surface area contributed by atoms with Crippen molar-refractivity contribution in [2.24, 2.45) is 0 Å². The van der Waals surface area contributed by atoms with E-state index in [0.717, 1.165) is 0 Å². The van der Waals surface area contributed by atoms with E-state index in [-0.39, 0.29) is 0 Å². The zero-order valence-corrected chi connectivity index (χ0v) is 7.43. The molecule has 0 aliphatic carbocycles. The van der Waals surface area contributed by atoms with Crippen molar-refractivity contribution >= 4 is 17.5 Å². The Morgan fingerprint density at radius 3 is 1.53 bits per heavy atom. The number of halogens is 5. The van der Waals surface area contributed by atoms with E-state index in [2.05, 4.69) is 17.0 Å². The quantitative estimate of drug-likeness (QED) is 0.328. The third-order valence-corrected chi connectivity index (χ3v) is 1.44. The van der Waals surface area contributed by atoms with E-state index in [1.807, 2.05) is 0 Å². The van der Waals surface area contributed by atoms with Crippen molar-refractivity contribution in [3.63, 3.8) is 0 Å². The van der Waals surface area contributed by atoms with Gasteiger partial charge >= 0.3 is 5.24 Å². The summed E-state index contributed by atoms with van der Waals surface area (Å²) >= 11 is 3.77. The molecular formula is C7F5O2S. The predicted octanol–water partition coefficient (Wildman–Crippen LogP) is 2.48. The Morgan fingerprint density at radius 1 is 0.867 bits per heavy atom. The lowest BCUT2D eigenvalue weighted by atomic mass is 10.3. The van der Waals surface area contributed by atoms with Crippen LogP contribution < -0.4 is 4.74 Å². The van der Waals surface area contributed by atoms with Crippen molar-refractivity contribution in [2.45, 2.75) is 0 Å². The molecule has 0 N–H and O–H groups in total. The Balaban J connectivity index is 3.45. The normalized spacial score (nSPS) is 10.2. The summed E-state index contributed by atoms with van der Waals surface area (Å²) in [6.07, 6.45) is 0. The first-order chi connectivity index (χ1) is 6.86. The summed E-state index contributed by atoms with van der Waals surface area (Å²) < 4.78 is 66.5. The zero-order chi connectivity index (χ0) is 11.7. The van der Waals surface area contributed by atoms with Crippen LogP contribution in [0.4, 0.5) is 22.0 Å². The second kappa shape index (κ2) is 3.97. The highest BCUT2D eigenvalue weighted by Crippen LogP contribution is 2.29. The molecule has 0 saturated carbocycles. The summed E-state index contributed by atoms with van der Waals surface area (Å²) in [6.45, 7) is 0. The average Bonchev–Trinajstić information content (AvgIpc) is 2.18. The number of ether oxygens (including phenoxy) is 1. The molecular weight excluding hydrogens is 243 g/mol. The van der Waals surface area contributed by atoms with Crippen LogP contribution in [0.5, 0.6) is 5.75 Å². The Kier molecular flexibility index (Phi) is 3.08. The Hall–Kier alpha value is -1.44. The average molecular weight is 243 g/mol. The molecule has 0 aliphatic heterocycles. The zero-order valence-electron chi connectivity index (χ0n) is 6.61. The van der Waals surface area contributed by atoms with E-state index >= 15 is 0 Å². The van der Waals surface area contributed by atoms with Crippen molar-refractivity contribution in [1.29, 1.82) is 0 Å². The van der Waals surface area contributed by atoms with Gasteiger partial charge < -0.3 is 4.74 Å². The van der Waals surface area contributed by atoms with Gasteiger partial charge in [-0.25, -0.2) is 18.3 Å². The van der Waals surface area contributed by atoms with Crippen molar-refractivity contribution in [3.8, 4) is 5.75 Å². The molecule has 0 atom stereocenters. The fraction of sp³-hybridized carbons (Fsp3) is 0. The monoisotopic (exact) mass is 243 g/mol. The first kappa shape index (κ1) is 11.6. The highest BCUT2D eigenvalue weighted by molar-refractivity contribution is 7.79. The van der Waals surface area contributed by atoms with E-state index < -0.39 is 40.1 Å². The SMILES string of the molecule is [O]C(=S)Oc1c(F)c(F)c(F)c(F)c1F. The van der Waals surface area contributed by atoms with Crippen LogP contribution in [-0.4, -0.2) is 5.24 Å². The number of rotatable bonds is 1. The fourth-order valence-electron chi connectivity index (χ4n) is 0.758. The summed E-state index contributed by atoms with van der Waals surface area (Å²) in [5.74, 6) is -12.9. The topological polar surface area (TPSA) is 29.1 Å². The van der Waals surface area contributed by atoms with Crippen molar-refractivity contribution in [1.82, 2.24) is 0 Å². The van der Waals surface area contributed by atoms with Gasteiger partial charge in [0.25, 0.3) is 0 Å². The van der Waals surface area contributed by atoms with Crippen LogP contribution in [0.15, 0.2) is 0 Å². The van der Waals surface area contributed by atoms with Crippen molar-refractivity contribution < 1.29 is 31.8 Å². The van der Waals surface area contributed by atoms with Gasteiger partial charge in [0.15, 0.2) is 0 Å². The van der Waals surface area contributed by atoms with Crippen molar-refractivity contribution in [2.75, 3.05) is 0 Å². The van der Waals surface area contributed by atoms with Gasteiger partial charge in [0.2, 0.25) is 34.8 Å². The van der Waals surface area contributed by atoms with Crippen LogP contribution in [0.25, 0.3) is 0 Å². The molecule has 0 saturated heterocycles. The van der Waals surface area contributed by atoms with Gasteiger partial charge in [-0.05, 0) is 0 Å². The number of benzene rings is 1. The van der Waals surface area contributed by atoms with E-state index in [9.17, 15) is 27.1 Å². The summed E-state index contributed by atoms with van der Waals surface area (Å²) in [5.41, 5.74) is 0. The standard InChI is InChI=1S/C7F5O2S/c8-1-2(9)4(11)6(14-7(13)15)5(12)3(1)10. The summed E-state index contributed by atoms with van der Waals surface area (Å²) in [4.78, 5) is 0. The van der Waals surface area contributed by atoms with Gasteiger partial charge in [-0.2, -0.15) is 8.78 Å². The lowest BCUT2D eigenvalue weighted by molar-refractivity contribution is 0.288. The Labute approximate surface area is 84.9 Å². The molecule has 0 bridgehead atoms. The summed E-state index contributed by atoms with van der Waals surface area (Å²) in [7, 11) is 0. The molecule has 0 aliphatic rings. The molecule has 81 valence electrons. The second-order valence-corrected chi connectivity index (χ2v) is 2.58. The maximum absolute atomic E-state index is 12.7. The van der Waals surface area contributed by atoms with Gasteiger partial charge in [-0.1, -0.05) is 0 Å². The molecule has 1 aromatic rings.